The second kappa shape index (κ2) is 6.83. The van der Waals surface area contributed by atoms with Crippen molar-refractivity contribution in [2.24, 2.45) is 5.92 Å². The molecule has 122 valence electrons. The van der Waals surface area contributed by atoms with Crippen LogP contribution in [0.15, 0.2) is 41.1 Å². The predicted octanol–water partition coefficient (Wildman–Crippen LogP) is 2.97. The first-order valence-electron chi connectivity index (χ1n) is 7.87. The van der Waals surface area contributed by atoms with Crippen LogP contribution in [0, 0.1) is 5.92 Å². The first-order valence-corrected chi connectivity index (χ1v) is 7.87. The molecule has 3 rings (SSSR count). The van der Waals surface area contributed by atoms with Crippen molar-refractivity contribution in [2.45, 2.75) is 25.8 Å². The van der Waals surface area contributed by atoms with E-state index in [1.54, 1.807) is 11.1 Å². The quantitative estimate of drug-likeness (QED) is 0.912. The number of carbonyl (C=O) groups is 1. The Kier molecular flexibility index (Phi) is 4.62. The molecule has 6 nitrogen and oxygen atoms in total. The van der Waals surface area contributed by atoms with Gasteiger partial charge >= 0.3 is 6.03 Å². The molecule has 6 heteroatoms. The summed E-state index contributed by atoms with van der Waals surface area (Å²) in [6.07, 6.45) is 5.13. The number of amides is 2. The Morgan fingerprint density at radius 2 is 2.22 bits per heavy atom. The Morgan fingerprint density at radius 3 is 2.87 bits per heavy atom. The van der Waals surface area contributed by atoms with Crippen LogP contribution >= 0.6 is 0 Å². The molecular weight excluding hydrogens is 294 g/mol. The van der Waals surface area contributed by atoms with Gasteiger partial charge in [0.15, 0.2) is 0 Å². The first-order chi connectivity index (χ1) is 11.2. The number of carbonyl (C=O) groups excluding carboxylic acids is 1. The van der Waals surface area contributed by atoms with E-state index in [0.717, 1.165) is 18.4 Å². The third-order valence-electron chi connectivity index (χ3n) is 4.38. The van der Waals surface area contributed by atoms with Crippen molar-refractivity contribution in [3.8, 4) is 11.5 Å². The zero-order valence-electron chi connectivity index (χ0n) is 13.1. The third-order valence-corrected chi connectivity index (χ3v) is 4.38. The van der Waals surface area contributed by atoms with Crippen LogP contribution in [0.2, 0.25) is 0 Å². The number of anilines is 1. The van der Waals surface area contributed by atoms with Crippen molar-refractivity contribution in [2.75, 3.05) is 18.5 Å². The van der Waals surface area contributed by atoms with Gasteiger partial charge in [0.25, 0.3) is 0 Å². The number of benzene rings is 1. The fourth-order valence-electron chi connectivity index (χ4n) is 3.04. The van der Waals surface area contributed by atoms with E-state index < -0.39 is 0 Å². The van der Waals surface area contributed by atoms with Crippen LogP contribution in [0.4, 0.5) is 10.5 Å². The standard InChI is InChI=1S/C17H21N3O3/c1-12-3-2-9-20(15(12)11-21)17(22)19-14-6-4-13(5-7-14)16-18-8-10-23-16/h4-8,10,12,15,21H,2-3,9,11H2,1H3,(H,19,22). The minimum absolute atomic E-state index is 0.00229. The van der Waals surface area contributed by atoms with Crippen molar-refractivity contribution < 1.29 is 14.3 Å². The van der Waals surface area contributed by atoms with E-state index in [0.29, 0.717) is 24.0 Å². The maximum atomic E-state index is 12.5. The number of oxazole rings is 1. The Labute approximate surface area is 135 Å². The zero-order chi connectivity index (χ0) is 16.2. The highest BCUT2D eigenvalue weighted by Crippen LogP contribution is 2.24. The van der Waals surface area contributed by atoms with Crippen LogP contribution in [0.1, 0.15) is 19.8 Å². The molecule has 1 saturated heterocycles. The van der Waals surface area contributed by atoms with Gasteiger partial charge in [0, 0.05) is 17.8 Å². The molecule has 2 heterocycles. The summed E-state index contributed by atoms with van der Waals surface area (Å²) in [5.74, 6) is 0.861. The van der Waals surface area contributed by atoms with E-state index in [-0.39, 0.29) is 18.7 Å². The molecular formula is C17H21N3O3. The molecule has 2 aromatic rings. The highest BCUT2D eigenvalue weighted by molar-refractivity contribution is 5.89. The molecule has 1 fully saturated rings. The van der Waals surface area contributed by atoms with Crippen LogP contribution in [-0.2, 0) is 0 Å². The topological polar surface area (TPSA) is 78.6 Å². The number of nitrogens with zero attached hydrogens (tertiary/aromatic N) is 2. The first kappa shape index (κ1) is 15.6. The monoisotopic (exact) mass is 315 g/mol. The van der Waals surface area contributed by atoms with Crippen LogP contribution in [0.25, 0.3) is 11.5 Å². The molecule has 2 N–H and O–H groups in total. The highest BCUT2D eigenvalue weighted by Gasteiger charge is 2.31. The summed E-state index contributed by atoms with van der Waals surface area (Å²) in [4.78, 5) is 18.3. The Balaban J connectivity index is 1.67. The normalized spacial score (nSPS) is 21.2. The molecule has 23 heavy (non-hydrogen) atoms. The van der Waals surface area contributed by atoms with Gasteiger partial charge in [-0.15, -0.1) is 0 Å². The molecule has 1 aliphatic heterocycles. The number of aliphatic hydroxyl groups excluding tert-OH is 1. The molecule has 0 saturated carbocycles. The van der Waals surface area contributed by atoms with Crippen LogP contribution < -0.4 is 5.32 Å². The molecule has 2 atom stereocenters. The van der Waals surface area contributed by atoms with Crippen molar-refractivity contribution in [1.29, 1.82) is 0 Å². The lowest BCUT2D eigenvalue weighted by atomic mass is 9.91. The second-order valence-corrected chi connectivity index (χ2v) is 5.91. The predicted molar refractivity (Wildman–Crippen MR) is 86.9 cm³/mol. The number of likely N-dealkylation sites (tertiary alicyclic amines) is 1. The number of hydrogen-bond donors (Lipinski definition) is 2. The summed E-state index contributed by atoms with van der Waals surface area (Å²) in [6, 6.07) is 7.06. The number of aliphatic hydroxyl groups is 1. The number of hydrogen-bond acceptors (Lipinski definition) is 4. The van der Waals surface area contributed by atoms with Crippen molar-refractivity contribution in [1.82, 2.24) is 9.88 Å². The van der Waals surface area contributed by atoms with Gasteiger partial charge in [0.2, 0.25) is 5.89 Å². The SMILES string of the molecule is CC1CCCN(C(=O)Nc2ccc(-c3ncco3)cc2)C1CO. The number of nitrogens with one attached hydrogen (secondary N) is 1. The lowest BCUT2D eigenvalue weighted by molar-refractivity contribution is 0.0811. The second-order valence-electron chi connectivity index (χ2n) is 5.91. The average Bonchev–Trinajstić information content (AvgIpc) is 3.09. The van der Waals surface area contributed by atoms with E-state index in [9.17, 15) is 9.90 Å². The number of urea groups is 1. The number of piperidine rings is 1. The Morgan fingerprint density at radius 1 is 1.43 bits per heavy atom. The van der Waals surface area contributed by atoms with Crippen LogP contribution in [0.3, 0.4) is 0 Å². The molecule has 0 radical (unpaired) electrons. The highest BCUT2D eigenvalue weighted by atomic mass is 16.3. The van der Waals surface area contributed by atoms with E-state index in [2.05, 4.69) is 17.2 Å². The summed E-state index contributed by atoms with van der Waals surface area (Å²) in [7, 11) is 0. The largest absolute Gasteiger partial charge is 0.445 e. The zero-order valence-corrected chi connectivity index (χ0v) is 13.1. The van der Waals surface area contributed by atoms with Crippen LogP contribution in [0.5, 0.6) is 0 Å². The van der Waals surface area contributed by atoms with Gasteiger partial charge < -0.3 is 19.7 Å². The van der Waals surface area contributed by atoms with Gasteiger partial charge in [-0.2, -0.15) is 0 Å². The minimum atomic E-state index is -0.167. The van der Waals surface area contributed by atoms with Crippen LogP contribution in [-0.4, -0.2) is 40.2 Å². The van der Waals surface area contributed by atoms with E-state index in [4.69, 9.17) is 4.42 Å². The fourth-order valence-corrected chi connectivity index (χ4v) is 3.04. The van der Waals surface area contributed by atoms with Crippen molar-refractivity contribution in [3.63, 3.8) is 0 Å². The van der Waals surface area contributed by atoms with E-state index in [1.165, 1.54) is 6.26 Å². The molecule has 0 aliphatic carbocycles. The van der Waals surface area contributed by atoms with Crippen molar-refractivity contribution in [3.05, 3.63) is 36.7 Å². The molecule has 1 aromatic carbocycles. The summed E-state index contributed by atoms with van der Waals surface area (Å²) < 4.78 is 5.24. The molecule has 1 aliphatic rings. The third kappa shape index (κ3) is 3.37. The van der Waals surface area contributed by atoms with Gasteiger partial charge in [0.05, 0.1) is 18.8 Å². The van der Waals surface area contributed by atoms with Crippen molar-refractivity contribution >= 4 is 11.7 Å². The average molecular weight is 315 g/mol. The molecule has 1 aromatic heterocycles. The maximum absolute atomic E-state index is 12.5. The maximum Gasteiger partial charge on any atom is 0.322 e. The van der Waals surface area contributed by atoms with Gasteiger partial charge in [0.1, 0.15) is 6.26 Å². The smallest absolute Gasteiger partial charge is 0.322 e. The van der Waals surface area contributed by atoms with Gasteiger partial charge in [-0.3, -0.25) is 0 Å². The summed E-state index contributed by atoms with van der Waals surface area (Å²) in [5, 5.41) is 12.4. The van der Waals surface area contributed by atoms with E-state index >= 15 is 0 Å². The molecule has 0 spiro atoms. The molecule has 2 unspecified atom stereocenters. The summed E-state index contributed by atoms with van der Waals surface area (Å²) in [6.45, 7) is 2.75. The summed E-state index contributed by atoms with van der Waals surface area (Å²) >= 11 is 0. The van der Waals surface area contributed by atoms with E-state index in [1.807, 2.05) is 24.3 Å². The summed E-state index contributed by atoms with van der Waals surface area (Å²) in [5.41, 5.74) is 1.56. The Bertz CT molecular complexity index is 640. The lowest BCUT2D eigenvalue weighted by Gasteiger charge is -2.38. The molecule has 0 bridgehead atoms. The lowest BCUT2D eigenvalue weighted by Crippen LogP contribution is -2.51. The number of rotatable bonds is 3. The minimum Gasteiger partial charge on any atom is -0.445 e. The number of aromatic nitrogens is 1. The fraction of sp³-hybridized carbons (Fsp3) is 0.412. The van der Waals surface area contributed by atoms with Gasteiger partial charge in [-0.25, -0.2) is 9.78 Å². The van der Waals surface area contributed by atoms with Gasteiger partial charge in [-0.05, 0) is 43.0 Å². The Hall–Kier alpha value is -2.34. The molecule has 2 amide bonds. The van der Waals surface area contributed by atoms with Gasteiger partial charge in [-0.1, -0.05) is 6.92 Å².